The standard InChI is InChI=1S/C15H24N2O3/c1-2-18-10-8-15(6-3-4-7-15)14-16-13(17-20-14)12-5-9-19-11-12/h12H,2-11H2,1H3/t12-/m1/s1. The van der Waals surface area contributed by atoms with Gasteiger partial charge in [-0.3, -0.25) is 0 Å². The summed E-state index contributed by atoms with van der Waals surface area (Å²) < 4.78 is 16.6. The van der Waals surface area contributed by atoms with Crippen LogP contribution in [0.5, 0.6) is 0 Å². The maximum atomic E-state index is 5.62. The Bertz CT molecular complexity index is 421. The van der Waals surface area contributed by atoms with E-state index >= 15 is 0 Å². The minimum Gasteiger partial charge on any atom is -0.382 e. The Morgan fingerprint density at radius 3 is 2.90 bits per heavy atom. The molecule has 0 N–H and O–H groups in total. The zero-order valence-electron chi connectivity index (χ0n) is 12.3. The Morgan fingerprint density at radius 2 is 2.20 bits per heavy atom. The molecular formula is C15H24N2O3. The van der Waals surface area contributed by atoms with E-state index in [1.54, 1.807) is 0 Å². The second-order valence-corrected chi connectivity index (χ2v) is 5.95. The molecular weight excluding hydrogens is 256 g/mol. The van der Waals surface area contributed by atoms with Crippen LogP contribution in [0.25, 0.3) is 0 Å². The lowest BCUT2D eigenvalue weighted by Gasteiger charge is -2.24. The van der Waals surface area contributed by atoms with Crippen molar-refractivity contribution < 1.29 is 14.0 Å². The van der Waals surface area contributed by atoms with Gasteiger partial charge in [0.1, 0.15) is 0 Å². The Kier molecular flexibility index (Phi) is 4.36. The Morgan fingerprint density at radius 1 is 1.35 bits per heavy atom. The van der Waals surface area contributed by atoms with Gasteiger partial charge in [-0.2, -0.15) is 4.98 Å². The SMILES string of the molecule is CCOCCC1(c2nc([C@@H]3CCOC3)no2)CCCC1. The van der Waals surface area contributed by atoms with E-state index in [0.717, 1.165) is 63.8 Å². The molecule has 1 aromatic heterocycles. The van der Waals surface area contributed by atoms with Crippen LogP contribution >= 0.6 is 0 Å². The molecule has 5 nitrogen and oxygen atoms in total. The van der Waals surface area contributed by atoms with E-state index in [-0.39, 0.29) is 5.41 Å². The lowest BCUT2D eigenvalue weighted by molar-refractivity contribution is 0.116. The van der Waals surface area contributed by atoms with Crippen molar-refractivity contribution in [1.29, 1.82) is 0 Å². The first kappa shape index (κ1) is 14.0. The van der Waals surface area contributed by atoms with Crippen molar-refractivity contribution in [1.82, 2.24) is 10.1 Å². The Hall–Kier alpha value is -0.940. The van der Waals surface area contributed by atoms with Gasteiger partial charge in [0.15, 0.2) is 5.82 Å². The molecule has 2 fully saturated rings. The summed E-state index contributed by atoms with van der Waals surface area (Å²) in [6, 6.07) is 0. The average Bonchev–Trinajstić information content (AvgIpc) is 3.20. The fourth-order valence-electron chi connectivity index (χ4n) is 3.39. The van der Waals surface area contributed by atoms with Gasteiger partial charge in [0.25, 0.3) is 0 Å². The minimum atomic E-state index is 0.0554. The van der Waals surface area contributed by atoms with Crippen molar-refractivity contribution in [2.45, 2.75) is 56.8 Å². The topological polar surface area (TPSA) is 57.4 Å². The summed E-state index contributed by atoms with van der Waals surface area (Å²) >= 11 is 0. The quantitative estimate of drug-likeness (QED) is 0.750. The highest BCUT2D eigenvalue weighted by molar-refractivity contribution is 5.10. The highest BCUT2D eigenvalue weighted by Gasteiger charge is 2.41. The molecule has 20 heavy (non-hydrogen) atoms. The Labute approximate surface area is 120 Å². The smallest absolute Gasteiger partial charge is 0.232 e. The van der Waals surface area contributed by atoms with Crippen molar-refractivity contribution >= 4 is 0 Å². The second kappa shape index (κ2) is 6.22. The summed E-state index contributed by atoms with van der Waals surface area (Å²) in [6.45, 7) is 5.12. The predicted octanol–water partition coefficient (Wildman–Crippen LogP) is 2.81. The van der Waals surface area contributed by atoms with Gasteiger partial charge < -0.3 is 14.0 Å². The molecule has 1 saturated heterocycles. The van der Waals surface area contributed by atoms with Crippen molar-refractivity contribution in [2.24, 2.45) is 0 Å². The van der Waals surface area contributed by atoms with Crippen LogP contribution in [-0.2, 0) is 14.9 Å². The van der Waals surface area contributed by atoms with Crippen molar-refractivity contribution in [3.05, 3.63) is 11.7 Å². The van der Waals surface area contributed by atoms with Gasteiger partial charge in [0.05, 0.1) is 12.0 Å². The molecule has 5 heteroatoms. The van der Waals surface area contributed by atoms with Crippen LogP contribution < -0.4 is 0 Å². The molecule has 1 saturated carbocycles. The van der Waals surface area contributed by atoms with E-state index < -0.39 is 0 Å². The van der Waals surface area contributed by atoms with E-state index in [9.17, 15) is 0 Å². The number of hydrogen-bond acceptors (Lipinski definition) is 5. The molecule has 0 unspecified atom stereocenters. The van der Waals surface area contributed by atoms with Crippen LogP contribution in [0, 0.1) is 0 Å². The molecule has 2 aliphatic rings. The van der Waals surface area contributed by atoms with E-state index in [1.807, 2.05) is 6.92 Å². The zero-order valence-corrected chi connectivity index (χ0v) is 12.3. The van der Waals surface area contributed by atoms with Gasteiger partial charge in [-0.25, -0.2) is 0 Å². The van der Waals surface area contributed by atoms with Crippen LogP contribution in [-0.4, -0.2) is 36.6 Å². The van der Waals surface area contributed by atoms with Crippen molar-refractivity contribution in [3.8, 4) is 0 Å². The molecule has 1 aliphatic heterocycles. The van der Waals surface area contributed by atoms with E-state index in [1.165, 1.54) is 12.8 Å². The van der Waals surface area contributed by atoms with E-state index in [0.29, 0.717) is 5.92 Å². The molecule has 3 rings (SSSR count). The highest BCUT2D eigenvalue weighted by Crippen LogP contribution is 2.43. The number of aromatic nitrogens is 2. The zero-order chi connectivity index (χ0) is 13.8. The van der Waals surface area contributed by atoms with Crippen LogP contribution in [0.2, 0.25) is 0 Å². The maximum Gasteiger partial charge on any atom is 0.232 e. The third-order valence-electron chi connectivity index (χ3n) is 4.68. The summed E-state index contributed by atoms with van der Waals surface area (Å²) in [4.78, 5) is 4.71. The first-order valence-electron chi connectivity index (χ1n) is 7.84. The average molecular weight is 280 g/mol. The first-order chi connectivity index (χ1) is 9.84. The molecule has 1 aromatic rings. The minimum absolute atomic E-state index is 0.0554. The van der Waals surface area contributed by atoms with Crippen LogP contribution in [0.4, 0.5) is 0 Å². The van der Waals surface area contributed by atoms with Gasteiger partial charge in [0, 0.05) is 25.7 Å². The second-order valence-electron chi connectivity index (χ2n) is 5.95. The van der Waals surface area contributed by atoms with Gasteiger partial charge in [0.2, 0.25) is 5.89 Å². The Balaban J connectivity index is 1.73. The molecule has 0 aromatic carbocycles. The van der Waals surface area contributed by atoms with Crippen molar-refractivity contribution in [3.63, 3.8) is 0 Å². The molecule has 0 spiro atoms. The molecule has 0 radical (unpaired) electrons. The third-order valence-corrected chi connectivity index (χ3v) is 4.68. The number of rotatable bonds is 6. The lowest BCUT2D eigenvalue weighted by atomic mass is 9.83. The molecule has 0 amide bonds. The molecule has 2 heterocycles. The lowest BCUT2D eigenvalue weighted by Crippen LogP contribution is -2.25. The summed E-state index contributed by atoms with van der Waals surface area (Å²) in [6.07, 6.45) is 6.77. The summed E-state index contributed by atoms with van der Waals surface area (Å²) in [7, 11) is 0. The van der Waals surface area contributed by atoms with Crippen LogP contribution in [0.15, 0.2) is 4.52 Å². The number of hydrogen-bond donors (Lipinski definition) is 0. The van der Waals surface area contributed by atoms with E-state index in [4.69, 9.17) is 19.0 Å². The third kappa shape index (κ3) is 2.74. The van der Waals surface area contributed by atoms with Crippen LogP contribution in [0.3, 0.4) is 0 Å². The highest BCUT2D eigenvalue weighted by atomic mass is 16.5. The van der Waals surface area contributed by atoms with Gasteiger partial charge in [-0.1, -0.05) is 18.0 Å². The normalized spacial score (nSPS) is 25.4. The summed E-state index contributed by atoms with van der Waals surface area (Å²) in [5.74, 6) is 1.98. The molecule has 1 atom stereocenters. The number of nitrogens with zero attached hydrogens (tertiary/aromatic N) is 2. The fourth-order valence-corrected chi connectivity index (χ4v) is 3.39. The monoisotopic (exact) mass is 280 g/mol. The molecule has 0 bridgehead atoms. The largest absolute Gasteiger partial charge is 0.382 e. The molecule has 112 valence electrons. The van der Waals surface area contributed by atoms with Crippen molar-refractivity contribution in [2.75, 3.05) is 26.4 Å². The first-order valence-corrected chi connectivity index (χ1v) is 7.84. The number of ether oxygens (including phenoxy) is 2. The van der Waals surface area contributed by atoms with E-state index in [2.05, 4.69) is 5.16 Å². The van der Waals surface area contributed by atoms with Gasteiger partial charge in [-0.05, 0) is 32.6 Å². The maximum absolute atomic E-state index is 5.62. The predicted molar refractivity (Wildman–Crippen MR) is 73.7 cm³/mol. The summed E-state index contributed by atoms with van der Waals surface area (Å²) in [5, 5.41) is 4.21. The molecule has 1 aliphatic carbocycles. The fraction of sp³-hybridized carbons (Fsp3) is 0.867. The van der Waals surface area contributed by atoms with Gasteiger partial charge >= 0.3 is 0 Å². The van der Waals surface area contributed by atoms with Gasteiger partial charge in [-0.15, -0.1) is 0 Å². The summed E-state index contributed by atoms with van der Waals surface area (Å²) in [5.41, 5.74) is 0.0554. The van der Waals surface area contributed by atoms with Crippen LogP contribution in [0.1, 0.15) is 63.1 Å².